The van der Waals surface area contributed by atoms with Gasteiger partial charge in [0.1, 0.15) is 5.60 Å². The standard InChI is InChI=1S/C11H13BF4NO2/c1-11(2,3)19-10(18)17-7-4-5-9(13)8(6-7)12(14,15)16/h4-6H,1-3H3,(H,17,18)/q-1. The molecule has 19 heavy (non-hydrogen) atoms. The highest BCUT2D eigenvalue weighted by molar-refractivity contribution is 6.73. The van der Waals surface area contributed by atoms with Crippen LogP contribution in [0.25, 0.3) is 0 Å². The Morgan fingerprint density at radius 2 is 1.84 bits per heavy atom. The van der Waals surface area contributed by atoms with Gasteiger partial charge in [0.2, 0.25) is 0 Å². The van der Waals surface area contributed by atoms with Crippen molar-refractivity contribution < 1.29 is 26.9 Å². The van der Waals surface area contributed by atoms with Gasteiger partial charge in [0, 0.05) is 5.69 Å². The van der Waals surface area contributed by atoms with Crippen LogP contribution in [-0.4, -0.2) is 18.7 Å². The first-order valence-electron chi connectivity index (χ1n) is 5.48. The summed E-state index contributed by atoms with van der Waals surface area (Å²) >= 11 is 0. The van der Waals surface area contributed by atoms with Gasteiger partial charge in [-0.25, -0.2) is 9.18 Å². The summed E-state index contributed by atoms with van der Waals surface area (Å²) < 4.78 is 55.5. The number of hydrogen-bond acceptors (Lipinski definition) is 2. The Labute approximate surface area is 108 Å². The van der Waals surface area contributed by atoms with Gasteiger partial charge in [-0.3, -0.25) is 5.32 Å². The van der Waals surface area contributed by atoms with E-state index in [1.165, 1.54) is 0 Å². The maximum Gasteiger partial charge on any atom is 0.512 e. The van der Waals surface area contributed by atoms with Crippen LogP contribution in [0.2, 0.25) is 0 Å². The van der Waals surface area contributed by atoms with Gasteiger partial charge in [0.25, 0.3) is 0 Å². The first-order chi connectivity index (χ1) is 8.49. The molecule has 1 amide bonds. The summed E-state index contributed by atoms with van der Waals surface area (Å²) in [6, 6.07) is 2.22. The van der Waals surface area contributed by atoms with E-state index < -0.39 is 30.0 Å². The van der Waals surface area contributed by atoms with Gasteiger partial charge in [-0.2, -0.15) is 0 Å². The topological polar surface area (TPSA) is 38.3 Å². The molecule has 0 spiro atoms. The molecule has 106 valence electrons. The van der Waals surface area contributed by atoms with Gasteiger partial charge in [-0.1, -0.05) is 11.5 Å². The average molecular weight is 278 g/mol. The fraction of sp³-hybridized carbons (Fsp3) is 0.364. The molecular formula is C11H13BF4NO2-. The molecule has 0 atom stereocenters. The van der Waals surface area contributed by atoms with Crippen LogP contribution in [0, 0.1) is 5.82 Å². The lowest BCUT2D eigenvalue weighted by Gasteiger charge is -2.21. The minimum Gasteiger partial charge on any atom is -0.445 e. The lowest BCUT2D eigenvalue weighted by Crippen LogP contribution is -2.37. The third-order valence-corrected chi connectivity index (χ3v) is 1.99. The molecule has 0 saturated heterocycles. The molecule has 1 rings (SSSR count). The smallest absolute Gasteiger partial charge is 0.445 e. The molecule has 0 aliphatic heterocycles. The summed E-state index contributed by atoms with van der Waals surface area (Å²) in [6.45, 7) is -0.639. The minimum atomic E-state index is -5.48. The summed E-state index contributed by atoms with van der Waals surface area (Å²) in [5.74, 6) is -1.37. The van der Waals surface area contributed by atoms with Crippen LogP contribution < -0.4 is 10.8 Å². The zero-order chi connectivity index (χ0) is 14.8. The molecule has 3 nitrogen and oxygen atoms in total. The largest absolute Gasteiger partial charge is 0.512 e. The van der Waals surface area contributed by atoms with E-state index in [0.717, 1.165) is 6.07 Å². The van der Waals surface area contributed by atoms with Gasteiger partial charge >= 0.3 is 13.1 Å². The third-order valence-electron chi connectivity index (χ3n) is 1.99. The molecule has 1 aromatic rings. The van der Waals surface area contributed by atoms with Gasteiger partial charge in [-0.05, 0) is 32.9 Å². The number of amides is 1. The minimum absolute atomic E-state index is 0.176. The lowest BCUT2D eigenvalue weighted by molar-refractivity contribution is 0.0636. The van der Waals surface area contributed by atoms with Crippen molar-refractivity contribution in [3.05, 3.63) is 24.0 Å². The monoisotopic (exact) mass is 278 g/mol. The van der Waals surface area contributed by atoms with Crippen molar-refractivity contribution in [2.24, 2.45) is 0 Å². The number of nitrogens with one attached hydrogen (secondary N) is 1. The lowest BCUT2D eigenvalue weighted by atomic mass is 9.79. The fourth-order valence-corrected chi connectivity index (χ4v) is 1.29. The molecular weight excluding hydrogens is 265 g/mol. The molecule has 0 bridgehead atoms. The van der Waals surface area contributed by atoms with Crippen LogP contribution in [0.3, 0.4) is 0 Å². The zero-order valence-corrected chi connectivity index (χ0v) is 10.6. The highest BCUT2D eigenvalue weighted by Gasteiger charge is 2.29. The quantitative estimate of drug-likeness (QED) is 0.666. The van der Waals surface area contributed by atoms with Crippen molar-refractivity contribution in [3.8, 4) is 0 Å². The molecule has 1 aromatic carbocycles. The number of carbonyl (C=O) groups excluding carboxylic acids is 1. The first kappa shape index (κ1) is 15.3. The highest BCUT2D eigenvalue weighted by atomic mass is 19.4. The van der Waals surface area contributed by atoms with Gasteiger partial charge in [0.15, 0.2) is 0 Å². The number of hydrogen-bond donors (Lipinski definition) is 1. The fourth-order valence-electron chi connectivity index (χ4n) is 1.29. The molecule has 0 saturated carbocycles. The number of carbonyl (C=O) groups is 1. The molecule has 1 N–H and O–H groups in total. The Morgan fingerprint density at radius 1 is 1.26 bits per heavy atom. The van der Waals surface area contributed by atoms with Crippen molar-refractivity contribution in [3.63, 3.8) is 0 Å². The van der Waals surface area contributed by atoms with Crippen LogP contribution in [0.4, 0.5) is 27.8 Å². The second-order valence-electron chi connectivity index (χ2n) is 4.94. The highest BCUT2D eigenvalue weighted by Crippen LogP contribution is 2.16. The van der Waals surface area contributed by atoms with E-state index in [1.807, 2.05) is 0 Å². The predicted molar refractivity (Wildman–Crippen MR) is 65.0 cm³/mol. The summed E-state index contributed by atoms with van der Waals surface area (Å²) in [6.07, 6.45) is -0.903. The van der Waals surface area contributed by atoms with E-state index in [4.69, 9.17) is 4.74 Å². The molecule has 0 radical (unpaired) electrons. The molecule has 0 unspecified atom stereocenters. The van der Waals surface area contributed by atoms with E-state index in [0.29, 0.717) is 12.1 Å². The maximum atomic E-state index is 13.0. The van der Waals surface area contributed by atoms with E-state index >= 15 is 0 Å². The average Bonchev–Trinajstić information content (AvgIpc) is 2.16. The Balaban J connectivity index is 2.89. The molecule has 0 aliphatic carbocycles. The second-order valence-corrected chi connectivity index (χ2v) is 4.94. The second kappa shape index (κ2) is 5.10. The Bertz CT molecular complexity index is 483. The third kappa shape index (κ3) is 4.80. The molecule has 0 aliphatic rings. The van der Waals surface area contributed by atoms with Crippen LogP contribution in [0.5, 0.6) is 0 Å². The summed E-state index contributed by atoms with van der Waals surface area (Å²) in [7, 11) is 0. The zero-order valence-electron chi connectivity index (χ0n) is 10.6. The van der Waals surface area contributed by atoms with E-state index in [2.05, 4.69) is 5.32 Å². The predicted octanol–water partition coefficient (Wildman–Crippen LogP) is 3.23. The Kier molecular flexibility index (Phi) is 4.12. The normalized spacial score (nSPS) is 12.2. The van der Waals surface area contributed by atoms with E-state index in [1.54, 1.807) is 20.8 Å². The van der Waals surface area contributed by atoms with Crippen molar-refractivity contribution in [2.75, 3.05) is 5.32 Å². The number of benzene rings is 1. The molecule has 0 aromatic heterocycles. The van der Waals surface area contributed by atoms with Gasteiger partial charge < -0.3 is 17.7 Å². The van der Waals surface area contributed by atoms with Crippen LogP contribution >= 0.6 is 0 Å². The van der Waals surface area contributed by atoms with E-state index in [9.17, 15) is 22.1 Å². The van der Waals surface area contributed by atoms with Crippen molar-refractivity contribution in [2.45, 2.75) is 26.4 Å². The Morgan fingerprint density at radius 3 is 2.32 bits per heavy atom. The van der Waals surface area contributed by atoms with Gasteiger partial charge in [0.05, 0.1) is 5.82 Å². The summed E-state index contributed by atoms with van der Waals surface area (Å²) in [4.78, 5) is 11.4. The van der Waals surface area contributed by atoms with Crippen LogP contribution in [-0.2, 0) is 4.74 Å². The van der Waals surface area contributed by atoms with Crippen LogP contribution in [0.1, 0.15) is 20.8 Å². The number of ether oxygens (including phenoxy) is 1. The molecule has 8 heteroatoms. The maximum absolute atomic E-state index is 13.0. The SMILES string of the molecule is CC(C)(C)OC(=O)Nc1ccc(F)c([B-](F)(F)F)c1. The van der Waals surface area contributed by atoms with Gasteiger partial charge in [-0.15, -0.1) is 0 Å². The van der Waals surface area contributed by atoms with Crippen molar-refractivity contribution >= 4 is 24.2 Å². The van der Waals surface area contributed by atoms with Crippen molar-refractivity contribution in [1.82, 2.24) is 0 Å². The summed E-state index contributed by atoms with van der Waals surface area (Å²) in [5, 5.41) is 2.12. The Hall–Kier alpha value is -1.73. The number of anilines is 1. The first-order valence-corrected chi connectivity index (χ1v) is 5.48. The molecule has 0 heterocycles. The summed E-state index contributed by atoms with van der Waals surface area (Å²) in [5.41, 5.74) is -2.33. The van der Waals surface area contributed by atoms with E-state index in [-0.39, 0.29) is 5.69 Å². The number of rotatable bonds is 2. The van der Waals surface area contributed by atoms with Crippen LogP contribution in [0.15, 0.2) is 18.2 Å². The molecule has 0 fully saturated rings. The number of halogens is 4. The van der Waals surface area contributed by atoms with Crippen molar-refractivity contribution in [1.29, 1.82) is 0 Å².